The fourth-order valence-corrected chi connectivity index (χ4v) is 8.40. The van der Waals surface area contributed by atoms with Crippen molar-refractivity contribution < 1.29 is 23.1 Å². The van der Waals surface area contributed by atoms with E-state index in [2.05, 4.69) is 19.9 Å². The van der Waals surface area contributed by atoms with Crippen molar-refractivity contribution >= 4 is 5.91 Å². The van der Waals surface area contributed by atoms with Gasteiger partial charge in [-0.2, -0.15) is 13.2 Å². The van der Waals surface area contributed by atoms with Crippen LogP contribution in [0.2, 0.25) is 0 Å². The van der Waals surface area contributed by atoms with Crippen molar-refractivity contribution in [1.82, 2.24) is 4.90 Å². The Morgan fingerprint density at radius 2 is 1.91 bits per heavy atom. The van der Waals surface area contributed by atoms with Crippen LogP contribution in [0.5, 0.6) is 0 Å². The topological polar surface area (TPSA) is 40.5 Å². The van der Waals surface area contributed by atoms with Gasteiger partial charge in [0.2, 0.25) is 5.91 Å². The summed E-state index contributed by atoms with van der Waals surface area (Å²) in [6.07, 6.45) is 4.41. The van der Waals surface area contributed by atoms with E-state index in [1.165, 1.54) is 12.1 Å². The van der Waals surface area contributed by atoms with Gasteiger partial charge in [0.25, 0.3) is 0 Å². The number of benzene rings is 1. The highest BCUT2D eigenvalue weighted by Crippen LogP contribution is 2.65. The maximum atomic E-state index is 13.4. The van der Waals surface area contributed by atoms with Crippen LogP contribution in [-0.4, -0.2) is 35.1 Å². The fraction of sp³-hybridized carbons (Fsp3) is 0.667. The van der Waals surface area contributed by atoms with Crippen LogP contribution >= 0.6 is 0 Å². The lowest BCUT2D eigenvalue weighted by Crippen LogP contribution is -2.63. The van der Waals surface area contributed by atoms with Gasteiger partial charge in [0.05, 0.1) is 11.7 Å². The first-order valence-electron chi connectivity index (χ1n) is 12.3. The van der Waals surface area contributed by atoms with Crippen LogP contribution < -0.4 is 0 Å². The number of carbonyl (C=O) groups excluding carboxylic acids is 1. The predicted molar refractivity (Wildman–Crippen MR) is 120 cm³/mol. The highest BCUT2D eigenvalue weighted by Gasteiger charge is 2.62. The lowest BCUT2D eigenvalue weighted by Gasteiger charge is -2.62. The van der Waals surface area contributed by atoms with Crippen molar-refractivity contribution in [2.75, 3.05) is 7.05 Å². The van der Waals surface area contributed by atoms with Crippen LogP contribution in [0.4, 0.5) is 13.2 Å². The van der Waals surface area contributed by atoms with Crippen LogP contribution in [0.25, 0.3) is 0 Å². The molecule has 4 aliphatic rings. The summed E-state index contributed by atoms with van der Waals surface area (Å²) in [4.78, 5) is 14.5. The van der Waals surface area contributed by atoms with Gasteiger partial charge in [0.15, 0.2) is 0 Å². The number of aliphatic hydroxyl groups excluding tert-OH is 1. The third kappa shape index (κ3) is 3.46. The van der Waals surface area contributed by atoms with Gasteiger partial charge in [-0.05, 0) is 85.3 Å². The van der Waals surface area contributed by atoms with E-state index in [0.29, 0.717) is 29.7 Å². The average Bonchev–Trinajstić information content (AvgIpc) is 3.05. The number of carbonyl (C=O) groups is 1. The Labute approximate surface area is 194 Å². The van der Waals surface area contributed by atoms with Crippen molar-refractivity contribution in [1.29, 1.82) is 0 Å². The molecular weight excluding hydrogens is 427 g/mol. The third-order valence-corrected chi connectivity index (χ3v) is 9.95. The summed E-state index contributed by atoms with van der Waals surface area (Å²) in [6.45, 7) is 4.48. The number of rotatable bonds is 2. The molecule has 33 heavy (non-hydrogen) atoms. The van der Waals surface area contributed by atoms with Gasteiger partial charge in [0.1, 0.15) is 0 Å². The minimum Gasteiger partial charge on any atom is -0.393 e. The van der Waals surface area contributed by atoms with Crippen molar-refractivity contribution in [3.8, 4) is 0 Å². The van der Waals surface area contributed by atoms with Gasteiger partial charge >= 0.3 is 6.18 Å². The molecule has 180 valence electrons. The number of nitrogens with zero attached hydrogens (tertiary/aromatic N) is 1. The number of alkyl halides is 3. The maximum Gasteiger partial charge on any atom is 0.416 e. The molecule has 5 rings (SSSR count). The summed E-state index contributed by atoms with van der Waals surface area (Å²) < 4.78 is 40.1. The van der Waals surface area contributed by atoms with E-state index in [1.807, 2.05) is 11.9 Å². The van der Waals surface area contributed by atoms with E-state index in [9.17, 15) is 23.1 Å². The predicted octanol–water partition coefficient (Wildman–Crippen LogP) is 5.47. The summed E-state index contributed by atoms with van der Waals surface area (Å²) in [5, 5.41) is 10.8. The molecule has 1 aromatic rings. The Morgan fingerprint density at radius 1 is 1.15 bits per heavy atom. The fourth-order valence-electron chi connectivity index (χ4n) is 8.40. The zero-order valence-electron chi connectivity index (χ0n) is 19.6. The third-order valence-electron chi connectivity index (χ3n) is 9.95. The van der Waals surface area contributed by atoms with Crippen LogP contribution in [0, 0.1) is 34.5 Å². The molecule has 0 bridgehead atoms. The molecule has 1 aliphatic heterocycles. The number of amides is 1. The molecule has 0 saturated heterocycles. The molecule has 0 aromatic heterocycles. The van der Waals surface area contributed by atoms with E-state index in [1.54, 1.807) is 12.1 Å². The highest BCUT2D eigenvalue weighted by atomic mass is 19.4. The number of likely N-dealkylation sites (N-methyl/N-ethyl adjacent to an activating group) is 1. The Balaban J connectivity index is 1.53. The summed E-state index contributed by atoms with van der Waals surface area (Å²) in [6, 6.07) is 5.62. The first-order valence-corrected chi connectivity index (χ1v) is 12.3. The highest BCUT2D eigenvalue weighted by molar-refractivity contribution is 5.89. The van der Waals surface area contributed by atoms with Crippen molar-refractivity contribution in [3.05, 3.63) is 47.5 Å². The molecule has 1 N–H and O–H groups in total. The molecule has 1 heterocycles. The minimum absolute atomic E-state index is 0.0260. The molecule has 1 aromatic carbocycles. The first-order chi connectivity index (χ1) is 15.4. The quantitative estimate of drug-likeness (QED) is 0.634. The Hall–Kier alpha value is -1.82. The summed E-state index contributed by atoms with van der Waals surface area (Å²) in [5.41, 5.74) is -0.234. The molecular formula is C27H34F3NO2. The number of aliphatic hydroxyl groups is 1. The molecule has 0 spiro atoms. The van der Waals surface area contributed by atoms with Gasteiger partial charge in [-0.3, -0.25) is 4.79 Å². The monoisotopic (exact) mass is 461 g/mol. The molecule has 8 atom stereocenters. The second-order valence-corrected chi connectivity index (χ2v) is 11.5. The second-order valence-electron chi connectivity index (χ2n) is 11.5. The number of halogens is 3. The minimum atomic E-state index is -4.37. The molecule has 3 aliphatic carbocycles. The van der Waals surface area contributed by atoms with Crippen LogP contribution in [0.3, 0.4) is 0 Å². The maximum absolute atomic E-state index is 13.4. The molecule has 3 saturated carbocycles. The van der Waals surface area contributed by atoms with Gasteiger partial charge < -0.3 is 10.0 Å². The summed E-state index contributed by atoms with van der Waals surface area (Å²) in [7, 11) is 1.85. The first kappa shape index (κ1) is 22.9. The Morgan fingerprint density at radius 3 is 2.64 bits per heavy atom. The second kappa shape index (κ2) is 7.59. The van der Waals surface area contributed by atoms with Crippen LogP contribution in [0.15, 0.2) is 36.4 Å². The van der Waals surface area contributed by atoms with Gasteiger partial charge in [0, 0.05) is 18.5 Å². The average molecular weight is 462 g/mol. The van der Waals surface area contributed by atoms with E-state index in [0.717, 1.165) is 38.2 Å². The SMILES string of the molecule is CN1C(=O)C=C[C@@]2(C)C1C(Cc1cccc(C(F)(F)F)c1)C[C@@H]1[C@H]2CC[C@]2(C)C(O)CC[C@@H]12. The van der Waals surface area contributed by atoms with Gasteiger partial charge in [-0.15, -0.1) is 0 Å². The van der Waals surface area contributed by atoms with Crippen molar-refractivity contribution in [2.24, 2.45) is 34.5 Å². The smallest absolute Gasteiger partial charge is 0.393 e. The number of fused-ring (bicyclic) bond motifs is 5. The molecule has 3 nitrogen and oxygen atoms in total. The molecule has 1 amide bonds. The Kier molecular flexibility index (Phi) is 5.28. The zero-order chi connectivity index (χ0) is 23.8. The van der Waals surface area contributed by atoms with E-state index >= 15 is 0 Å². The van der Waals surface area contributed by atoms with Crippen LogP contribution in [-0.2, 0) is 17.4 Å². The largest absolute Gasteiger partial charge is 0.416 e. The number of hydrogen-bond acceptors (Lipinski definition) is 2. The van der Waals surface area contributed by atoms with Crippen LogP contribution in [0.1, 0.15) is 57.1 Å². The van der Waals surface area contributed by atoms with E-state index in [-0.39, 0.29) is 34.8 Å². The van der Waals surface area contributed by atoms with E-state index < -0.39 is 11.7 Å². The summed E-state index contributed by atoms with van der Waals surface area (Å²) in [5.74, 6) is 1.28. The lowest BCUT2D eigenvalue weighted by atomic mass is 9.46. The Bertz CT molecular complexity index is 974. The van der Waals surface area contributed by atoms with Gasteiger partial charge in [-0.1, -0.05) is 38.1 Å². The molecule has 3 fully saturated rings. The van der Waals surface area contributed by atoms with Crippen molar-refractivity contribution in [2.45, 2.75) is 70.7 Å². The van der Waals surface area contributed by atoms with Crippen molar-refractivity contribution in [3.63, 3.8) is 0 Å². The number of hydrogen-bond donors (Lipinski definition) is 1. The zero-order valence-corrected chi connectivity index (χ0v) is 19.6. The standard InChI is InChI=1S/C27H34F3NO2/c1-25-11-9-21-19(20(25)7-8-22(25)32)15-17(24-26(21,2)12-10-23(33)31(24)3)13-16-5-4-6-18(14-16)27(28,29)30/h4-6,10,12,14,17,19-22,24,32H,7-9,11,13,15H2,1-3H3/t17?,19-,20-,21+,22?,24?,25-,26+/m0/s1. The lowest BCUT2D eigenvalue weighted by molar-refractivity contribution is -0.148. The van der Waals surface area contributed by atoms with E-state index in [4.69, 9.17) is 0 Å². The normalized spacial score (nSPS) is 42.6. The molecule has 3 unspecified atom stereocenters. The summed E-state index contributed by atoms with van der Waals surface area (Å²) >= 11 is 0. The van der Waals surface area contributed by atoms with Gasteiger partial charge in [-0.25, -0.2) is 0 Å². The molecule has 0 radical (unpaired) electrons. The molecule has 6 heteroatoms.